The maximum Gasteiger partial charge on any atom is 0.241 e. The number of aryl methyl sites for hydroxylation is 1. The molecule has 0 unspecified atom stereocenters. The Hall–Kier alpha value is -3.47. The van der Waals surface area contributed by atoms with Gasteiger partial charge < -0.3 is 4.57 Å². The number of rotatable bonds is 5. The van der Waals surface area contributed by atoms with Crippen LogP contribution in [0.3, 0.4) is 0 Å². The zero-order valence-electron chi connectivity index (χ0n) is 14.6. The smallest absolute Gasteiger partial charge is 0.241 e. The van der Waals surface area contributed by atoms with Gasteiger partial charge >= 0.3 is 0 Å². The minimum Gasteiger partial charge on any atom is -0.340 e. The molecule has 0 saturated carbocycles. The molecule has 4 nitrogen and oxygen atoms in total. The van der Waals surface area contributed by atoms with E-state index in [1.54, 1.807) is 18.2 Å². The molecule has 27 heavy (non-hydrogen) atoms. The number of hydrogen-bond donors (Lipinski definition) is 1. The summed E-state index contributed by atoms with van der Waals surface area (Å²) in [5, 5.41) is 6.20. The molecule has 0 fully saturated rings. The Morgan fingerprint density at radius 3 is 2.19 bits per heavy atom. The lowest BCUT2D eigenvalue weighted by Crippen LogP contribution is -2.19. The van der Waals surface area contributed by atoms with Crippen LogP contribution in [0.4, 0.5) is 4.39 Å². The first-order chi connectivity index (χ1) is 13.2. The van der Waals surface area contributed by atoms with Gasteiger partial charge in [0.15, 0.2) is 0 Å². The Labute approximate surface area is 155 Å². The van der Waals surface area contributed by atoms with E-state index in [2.05, 4.69) is 39.4 Å². The predicted molar refractivity (Wildman–Crippen MR) is 106 cm³/mol. The van der Waals surface area contributed by atoms with Crippen molar-refractivity contribution in [2.45, 2.75) is 13.0 Å². The first-order valence-electron chi connectivity index (χ1n) is 8.76. The van der Waals surface area contributed by atoms with E-state index in [9.17, 15) is 9.18 Å². The van der Waals surface area contributed by atoms with Crippen molar-refractivity contribution in [3.63, 3.8) is 0 Å². The molecule has 0 aliphatic rings. The number of fused-ring (bicyclic) bond motifs is 3. The molecule has 1 amide bonds. The molecule has 0 aliphatic carbocycles. The van der Waals surface area contributed by atoms with Crippen LogP contribution in [0.25, 0.3) is 21.8 Å². The molecule has 0 aliphatic heterocycles. The number of para-hydroxylation sites is 2. The van der Waals surface area contributed by atoms with Crippen LogP contribution in [0.5, 0.6) is 0 Å². The average Bonchev–Trinajstić information content (AvgIpc) is 3.02. The number of hydrogen-bond acceptors (Lipinski definition) is 2. The zero-order valence-corrected chi connectivity index (χ0v) is 14.6. The van der Waals surface area contributed by atoms with Gasteiger partial charge in [-0.05, 0) is 18.2 Å². The Kier molecular flexibility index (Phi) is 4.66. The van der Waals surface area contributed by atoms with Crippen LogP contribution in [-0.4, -0.2) is 16.7 Å². The van der Waals surface area contributed by atoms with Crippen LogP contribution in [0.2, 0.25) is 0 Å². The lowest BCUT2D eigenvalue weighted by atomic mass is 10.2. The highest BCUT2D eigenvalue weighted by molar-refractivity contribution is 6.08. The second-order valence-electron chi connectivity index (χ2n) is 6.25. The summed E-state index contributed by atoms with van der Waals surface area (Å²) in [6.07, 6.45) is 1.59. The topological polar surface area (TPSA) is 46.4 Å². The van der Waals surface area contributed by atoms with Crippen molar-refractivity contribution in [1.82, 2.24) is 9.99 Å². The second-order valence-corrected chi connectivity index (χ2v) is 6.25. The summed E-state index contributed by atoms with van der Waals surface area (Å²) in [6, 6.07) is 22.6. The van der Waals surface area contributed by atoms with Gasteiger partial charge in [0.2, 0.25) is 5.91 Å². The van der Waals surface area contributed by atoms with E-state index < -0.39 is 0 Å². The fourth-order valence-electron chi connectivity index (χ4n) is 3.27. The largest absolute Gasteiger partial charge is 0.340 e. The third-order valence-corrected chi connectivity index (χ3v) is 4.54. The number of aromatic nitrogens is 1. The van der Waals surface area contributed by atoms with Crippen LogP contribution >= 0.6 is 0 Å². The minimum absolute atomic E-state index is 0.218. The SMILES string of the molecule is O=C(CCn1c2ccccc2c2ccccc21)N/N=C\c1ccccc1F. The van der Waals surface area contributed by atoms with Gasteiger partial charge in [0, 0.05) is 40.3 Å². The van der Waals surface area contributed by atoms with Crippen LogP contribution in [0, 0.1) is 5.82 Å². The average molecular weight is 359 g/mol. The van der Waals surface area contributed by atoms with Gasteiger partial charge in [-0.1, -0.05) is 54.6 Å². The molecular weight excluding hydrogens is 341 g/mol. The molecule has 5 heteroatoms. The van der Waals surface area contributed by atoms with Gasteiger partial charge in [-0.25, -0.2) is 9.82 Å². The fraction of sp³-hybridized carbons (Fsp3) is 0.0909. The van der Waals surface area contributed by atoms with Gasteiger partial charge in [0.1, 0.15) is 5.82 Å². The Morgan fingerprint density at radius 2 is 1.52 bits per heavy atom. The minimum atomic E-state index is -0.374. The summed E-state index contributed by atoms with van der Waals surface area (Å²) in [4.78, 5) is 12.2. The van der Waals surface area contributed by atoms with Gasteiger partial charge in [-0.2, -0.15) is 5.10 Å². The van der Waals surface area contributed by atoms with E-state index in [0.717, 1.165) is 11.0 Å². The monoisotopic (exact) mass is 359 g/mol. The lowest BCUT2D eigenvalue weighted by Gasteiger charge is -2.06. The van der Waals surface area contributed by atoms with Crippen molar-refractivity contribution >= 4 is 33.9 Å². The summed E-state index contributed by atoms with van der Waals surface area (Å²) in [7, 11) is 0. The molecule has 0 radical (unpaired) electrons. The molecule has 4 aromatic rings. The molecule has 0 bridgehead atoms. The third-order valence-electron chi connectivity index (χ3n) is 4.54. The highest BCUT2D eigenvalue weighted by Crippen LogP contribution is 2.28. The van der Waals surface area contributed by atoms with Crippen LogP contribution in [0.15, 0.2) is 77.9 Å². The maximum absolute atomic E-state index is 13.5. The van der Waals surface area contributed by atoms with Crippen molar-refractivity contribution < 1.29 is 9.18 Å². The number of benzene rings is 3. The number of nitrogens with zero attached hydrogens (tertiary/aromatic N) is 2. The van der Waals surface area contributed by atoms with E-state index in [4.69, 9.17) is 0 Å². The standard InChI is InChI=1S/C22H18FN3O/c23-19-10-4-1-7-16(19)15-24-25-22(27)13-14-26-20-11-5-2-8-17(20)18-9-3-6-12-21(18)26/h1-12,15H,13-14H2,(H,25,27)/b24-15-. The summed E-state index contributed by atoms with van der Waals surface area (Å²) in [5.74, 6) is -0.592. The molecule has 1 heterocycles. The normalized spacial score (nSPS) is 11.4. The highest BCUT2D eigenvalue weighted by atomic mass is 19.1. The van der Waals surface area contributed by atoms with E-state index in [0.29, 0.717) is 12.1 Å². The number of amides is 1. The van der Waals surface area contributed by atoms with E-state index >= 15 is 0 Å². The van der Waals surface area contributed by atoms with E-state index in [1.165, 1.54) is 23.1 Å². The molecule has 1 N–H and O–H groups in total. The number of hydrazone groups is 1. The molecule has 4 rings (SSSR count). The Morgan fingerprint density at radius 1 is 0.926 bits per heavy atom. The molecular formula is C22H18FN3O. The van der Waals surface area contributed by atoms with Crippen molar-refractivity contribution in [1.29, 1.82) is 0 Å². The van der Waals surface area contributed by atoms with Crippen molar-refractivity contribution in [2.24, 2.45) is 5.10 Å². The third kappa shape index (κ3) is 3.44. The van der Waals surface area contributed by atoms with Gasteiger partial charge in [0.05, 0.1) is 6.21 Å². The van der Waals surface area contributed by atoms with Crippen molar-refractivity contribution in [2.75, 3.05) is 0 Å². The molecule has 0 atom stereocenters. The molecule has 134 valence electrons. The Bertz CT molecular complexity index is 1090. The first-order valence-corrected chi connectivity index (χ1v) is 8.76. The van der Waals surface area contributed by atoms with E-state index in [1.807, 2.05) is 24.3 Å². The summed E-state index contributed by atoms with van der Waals surface area (Å²) >= 11 is 0. The van der Waals surface area contributed by atoms with E-state index in [-0.39, 0.29) is 18.1 Å². The van der Waals surface area contributed by atoms with Crippen LogP contribution < -0.4 is 5.43 Å². The maximum atomic E-state index is 13.5. The molecule has 3 aromatic carbocycles. The summed E-state index contributed by atoms with van der Waals surface area (Å²) in [5.41, 5.74) is 5.00. The zero-order chi connectivity index (χ0) is 18.6. The number of carbonyl (C=O) groups excluding carboxylic acids is 1. The van der Waals surface area contributed by atoms with Crippen LogP contribution in [-0.2, 0) is 11.3 Å². The van der Waals surface area contributed by atoms with Crippen molar-refractivity contribution in [3.05, 3.63) is 84.2 Å². The quantitative estimate of drug-likeness (QED) is 0.415. The molecule has 1 aromatic heterocycles. The van der Waals surface area contributed by atoms with Gasteiger partial charge in [-0.3, -0.25) is 4.79 Å². The highest BCUT2D eigenvalue weighted by Gasteiger charge is 2.10. The molecule has 0 spiro atoms. The Balaban J connectivity index is 1.48. The lowest BCUT2D eigenvalue weighted by molar-refractivity contribution is -0.121. The number of nitrogens with one attached hydrogen (secondary N) is 1. The summed E-state index contributed by atoms with van der Waals surface area (Å²) < 4.78 is 15.7. The number of carbonyl (C=O) groups is 1. The van der Waals surface area contributed by atoms with Gasteiger partial charge in [-0.15, -0.1) is 0 Å². The first kappa shape index (κ1) is 17.0. The fourth-order valence-corrected chi connectivity index (χ4v) is 3.27. The van der Waals surface area contributed by atoms with Gasteiger partial charge in [0.25, 0.3) is 0 Å². The second kappa shape index (κ2) is 7.41. The molecule has 0 saturated heterocycles. The number of halogens is 1. The predicted octanol–water partition coefficient (Wildman–Crippen LogP) is 4.47. The van der Waals surface area contributed by atoms with Crippen molar-refractivity contribution in [3.8, 4) is 0 Å². The van der Waals surface area contributed by atoms with Crippen LogP contribution in [0.1, 0.15) is 12.0 Å². The summed E-state index contributed by atoms with van der Waals surface area (Å²) in [6.45, 7) is 0.537.